The van der Waals surface area contributed by atoms with E-state index in [1.165, 1.54) is 25.3 Å². The second kappa shape index (κ2) is 7.72. The van der Waals surface area contributed by atoms with Crippen LogP contribution in [-0.2, 0) is 27.1 Å². The van der Waals surface area contributed by atoms with Gasteiger partial charge in [-0.1, -0.05) is 12.1 Å². The Labute approximate surface area is 167 Å². The molecule has 1 aliphatic heterocycles. The highest BCUT2D eigenvalue weighted by atomic mass is 28.4. The molecule has 0 radical (unpaired) electrons. The maximum Gasteiger partial charge on any atom is 0.341 e. The Morgan fingerprint density at radius 1 is 1.28 bits per heavy atom. The van der Waals surface area contributed by atoms with Crippen LogP contribution in [0.5, 0.6) is 0 Å². The number of carbonyl (C=O) groups is 2. The average Bonchev–Trinajstić information content (AvgIpc) is 3.04. The highest BCUT2D eigenvalue weighted by Gasteiger charge is 2.36. The molecule has 0 spiro atoms. The minimum atomic E-state index is -1.97. The van der Waals surface area contributed by atoms with E-state index >= 15 is 0 Å². The van der Waals surface area contributed by atoms with Crippen LogP contribution in [0.3, 0.4) is 0 Å². The molecule has 152 valence electrons. The molecule has 2 heterocycles. The molecule has 0 saturated heterocycles. The van der Waals surface area contributed by atoms with Crippen LogP contribution in [0.4, 0.5) is 5.69 Å². The van der Waals surface area contributed by atoms with Crippen molar-refractivity contribution in [2.75, 3.05) is 7.11 Å². The van der Waals surface area contributed by atoms with Crippen molar-refractivity contribution >= 4 is 25.9 Å². The van der Waals surface area contributed by atoms with Crippen LogP contribution >= 0.6 is 0 Å². The highest BCUT2D eigenvalue weighted by Crippen LogP contribution is 2.40. The van der Waals surface area contributed by atoms with Crippen LogP contribution in [0.25, 0.3) is 11.1 Å². The number of carbonyl (C=O) groups excluding carboxylic acids is 2. The van der Waals surface area contributed by atoms with Gasteiger partial charge in [0.15, 0.2) is 8.32 Å². The van der Waals surface area contributed by atoms with Gasteiger partial charge in [0.05, 0.1) is 46.7 Å². The van der Waals surface area contributed by atoms with E-state index in [1.807, 2.05) is 19.6 Å². The van der Waals surface area contributed by atoms with E-state index in [-0.39, 0.29) is 46.8 Å². The number of methoxy groups -OCH3 is 1. The molecule has 0 saturated carbocycles. The molecule has 0 fully saturated rings. The van der Waals surface area contributed by atoms with E-state index < -0.39 is 25.2 Å². The summed E-state index contributed by atoms with van der Waals surface area (Å²) in [6.07, 6.45) is 0. The number of hydrogen-bond acceptors (Lipinski definition) is 8. The molecule has 1 aromatic heterocycles. The summed E-state index contributed by atoms with van der Waals surface area (Å²) in [5.74, 6) is -1.45. The van der Waals surface area contributed by atoms with Gasteiger partial charge < -0.3 is 13.9 Å². The molecule has 2 aromatic rings. The number of nitrogens with zero attached hydrogens (tertiary/aromatic N) is 2. The summed E-state index contributed by atoms with van der Waals surface area (Å²) in [6.45, 7) is 5.87. The molecule has 10 heteroatoms. The monoisotopic (exact) mass is 416 g/mol. The summed E-state index contributed by atoms with van der Waals surface area (Å²) in [5.41, 5.74) is 0.529. The third-order valence-electron chi connectivity index (χ3n) is 4.29. The van der Waals surface area contributed by atoms with Gasteiger partial charge in [0.25, 0.3) is 5.69 Å². The molecule has 0 N–H and O–H groups in total. The number of hydrogen-bond donors (Lipinski definition) is 0. The summed E-state index contributed by atoms with van der Waals surface area (Å²) in [6, 6.07) is 5.89. The lowest BCUT2D eigenvalue weighted by molar-refractivity contribution is -0.384. The number of cyclic esters (lactones) is 1. The lowest BCUT2D eigenvalue weighted by Gasteiger charge is -2.20. The van der Waals surface area contributed by atoms with Gasteiger partial charge in [0.1, 0.15) is 6.61 Å². The Kier molecular flexibility index (Phi) is 5.49. The van der Waals surface area contributed by atoms with Gasteiger partial charge >= 0.3 is 11.9 Å². The van der Waals surface area contributed by atoms with E-state index in [0.717, 1.165) is 0 Å². The number of benzene rings is 1. The summed E-state index contributed by atoms with van der Waals surface area (Å²) in [4.78, 5) is 40.6. The predicted molar refractivity (Wildman–Crippen MR) is 105 cm³/mol. The Bertz CT molecular complexity index is 1010. The fourth-order valence-corrected chi connectivity index (χ4v) is 3.61. The quantitative estimate of drug-likeness (QED) is 0.304. The average molecular weight is 416 g/mol. The first kappa shape index (κ1) is 20.6. The largest absolute Gasteiger partial charge is 0.465 e. The third kappa shape index (κ3) is 4.03. The fourth-order valence-electron chi connectivity index (χ4n) is 3.04. The molecule has 3 rings (SSSR count). The summed E-state index contributed by atoms with van der Waals surface area (Å²) >= 11 is 0. The zero-order valence-electron chi connectivity index (χ0n) is 16.5. The van der Waals surface area contributed by atoms with Crippen molar-refractivity contribution in [3.63, 3.8) is 0 Å². The predicted octanol–water partition coefficient (Wildman–Crippen LogP) is 3.47. The molecule has 29 heavy (non-hydrogen) atoms. The first-order chi connectivity index (χ1) is 13.6. The van der Waals surface area contributed by atoms with E-state index in [2.05, 4.69) is 4.98 Å². The van der Waals surface area contributed by atoms with Gasteiger partial charge in [-0.05, 0) is 25.7 Å². The van der Waals surface area contributed by atoms with Crippen LogP contribution in [0, 0.1) is 10.1 Å². The summed E-state index contributed by atoms with van der Waals surface area (Å²) < 4.78 is 15.9. The van der Waals surface area contributed by atoms with Crippen LogP contribution < -0.4 is 0 Å². The van der Waals surface area contributed by atoms with Gasteiger partial charge in [-0.2, -0.15) is 0 Å². The normalized spacial score (nSPS) is 13.0. The second-order valence-corrected chi connectivity index (χ2v) is 11.9. The minimum Gasteiger partial charge on any atom is -0.465 e. The molecule has 1 aromatic carbocycles. The number of aromatic nitrogens is 1. The molecule has 0 aliphatic carbocycles. The lowest BCUT2D eigenvalue weighted by atomic mass is 9.92. The third-order valence-corrected chi connectivity index (χ3v) is 5.30. The number of ether oxygens (including phenoxy) is 2. The molecular formula is C19H20N2O7Si. The Morgan fingerprint density at radius 2 is 1.97 bits per heavy atom. The Balaban J connectivity index is 2.36. The van der Waals surface area contributed by atoms with Crippen molar-refractivity contribution in [3.8, 4) is 11.1 Å². The van der Waals surface area contributed by atoms with Gasteiger partial charge in [0.2, 0.25) is 0 Å². The summed E-state index contributed by atoms with van der Waals surface area (Å²) in [7, 11) is -0.776. The second-order valence-electron chi connectivity index (χ2n) is 7.37. The Morgan fingerprint density at radius 3 is 2.59 bits per heavy atom. The smallest absolute Gasteiger partial charge is 0.341 e. The van der Waals surface area contributed by atoms with Crippen LogP contribution in [0.1, 0.15) is 32.1 Å². The zero-order chi connectivity index (χ0) is 21.3. The number of para-hydroxylation sites is 1. The number of esters is 2. The van der Waals surface area contributed by atoms with E-state index in [1.54, 1.807) is 6.07 Å². The van der Waals surface area contributed by atoms with Crippen molar-refractivity contribution < 1.29 is 28.4 Å². The number of rotatable bonds is 6. The van der Waals surface area contributed by atoms with Gasteiger partial charge in [-0.25, -0.2) is 14.6 Å². The molecule has 0 bridgehead atoms. The molecular weight excluding hydrogens is 396 g/mol. The van der Waals surface area contributed by atoms with Gasteiger partial charge in [-0.3, -0.25) is 10.1 Å². The minimum absolute atomic E-state index is 0.00918. The zero-order valence-corrected chi connectivity index (χ0v) is 17.5. The molecule has 0 atom stereocenters. The van der Waals surface area contributed by atoms with E-state index in [9.17, 15) is 19.7 Å². The maximum absolute atomic E-state index is 12.7. The highest BCUT2D eigenvalue weighted by molar-refractivity contribution is 6.69. The van der Waals surface area contributed by atoms with Gasteiger partial charge in [-0.15, -0.1) is 0 Å². The number of nitro benzene ring substituents is 1. The van der Waals surface area contributed by atoms with Gasteiger partial charge in [0, 0.05) is 11.6 Å². The molecule has 9 nitrogen and oxygen atoms in total. The molecule has 0 amide bonds. The molecule has 1 aliphatic rings. The van der Waals surface area contributed by atoms with Crippen LogP contribution in [0.15, 0.2) is 24.3 Å². The number of fused-ring (bicyclic) bond motifs is 1. The fraction of sp³-hybridized carbons (Fsp3) is 0.316. The van der Waals surface area contributed by atoms with E-state index in [0.29, 0.717) is 5.69 Å². The maximum atomic E-state index is 12.7. The Hall–Kier alpha value is -3.11. The van der Waals surface area contributed by atoms with Crippen LogP contribution in [0.2, 0.25) is 19.6 Å². The van der Waals surface area contributed by atoms with Crippen LogP contribution in [-0.4, -0.2) is 37.3 Å². The molecule has 0 unspecified atom stereocenters. The SMILES string of the molecule is COC(=O)c1c(CO[Si](C)(C)C)nc2c(c1-c1ccccc1[N+](=O)[O-])C(=O)OC2. The number of pyridine rings is 1. The lowest BCUT2D eigenvalue weighted by Crippen LogP contribution is -2.26. The topological polar surface area (TPSA) is 118 Å². The van der Waals surface area contributed by atoms with Crippen molar-refractivity contribution in [1.82, 2.24) is 4.98 Å². The van der Waals surface area contributed by atoms with Crippen molar-refractivity contribution in [2.24, 2.45) is 0 Å². The first-order valence-electron chi connectivity index (χ1n) is 8.83. The van der Waals surface area contributed by atoms with E-state index in [4.69, 9.17) is 13.9 Å². The standard InChI is InChI=1S/C19H20N2O7Si/c1-26-18(22)16-13(10-28-29(2,3)4)20-12-9-27-19(23)17(12)15(16)11-7-5-6-8-14(11)21(24)25/h5-8H,9-10H2,1-4H3. The summed E-state index contributed by atoms with van der Waals surface area (Å²) in [5, 5.41) is 11.6. The number of nitro groups is 1. The van der Waals surface area contributed by atoms with Crippen molar-refractivity contribution in [1.29, 1.82) is 0 Å². The first-order valence-corrected chi connectivity index (χ1v) is 12.2. The van der Waals surface area contributed by atoms with Crippen molar-refractivity contribution in [2.45, 2.75) is 32.9 Å². The van der Waals surface area contributed by atoms with Crippen molar-refractivity contribution in [3.05, 3.63) is 56.9 Å².